The minimum absolute atomic E-state index is 0.101. The van der Waals surface area contributed by atoms with E-state index in [1.54, 1.807) is 38.5 Å². The third-order valence-corrected chi connectivity index (χ3v) is 3.03. The van der Waals surface area contributed by atoms with Crippen LogP contribution in [0.1, 0.15) is 5.56 Å². The Kier molecular flexibility index (Phi) is 5.25. The molecule has 22 heavy (non-hydrogen) atoms. The highest BCUT2D eigenvalue weighted by Crippen LogP contribution is 2.27. The van der Waals surface area contributed by atoms with Gasteiger partial charge in [0, 0.05) is 11.8 Å². The highest BCUT2D eigenvalue weighted by atomic mass is 16.5. The summed E-state index contributed by atoms with van der Waals surface area (Å²) < 4.78 is 15.8. The summed E-state index contributed by atoms with van der Waals surface area (Å²) >= 11 is 0. The Morgan fingerprint density at radius 3 is 2.59 bits per heavy atom. The molecule has 5 heteroatoms. The molecular formula is C17H19NO4. The maximum absolute atomic E-state index is 11.9. The van der Waals surface area contributed by atoms with Crippen molar-refractivity contribution >= 4 is 11.6 Å². The van der Waals surface area contributed by atoms with Crippen LogP contribution in [0.4, 0.5) is 5.69 Å². The zero-order valence-corrected chi connectivity index (χ0v) is 12.9. The van der Waals surface area contributed by atoms with Crippen LogP contribution in [-0.2, 0) is 4.79 Å². The fraction of sp³-hybridized carbons (Fsp3) is 0.235. The maximum atomic E-state index is 11.9. The Hall–Kier alpha value is -2.69. The number of amides is 1. The second-order valence-corrected chi connectivity index (χ2v) is 4.72. The molecule has 0 aromatic heterocycles. The number of benzene rings is 2. The van der Waals surface area contributed by atoms with E-state index in [-0.39, 0.29) is 12.5 Å². The van der Waals surface area contributed by atoms with Crippen molar-refractivity contribution in [3.63, 3.8) is 0 Å². The number of hydrogen-bond acceptors (Lipinski definition) is 4. The third-order valence-electron chi connectivity index (χ3n) is 3.03. The van der Waals surface area contributed by atoms with Crippen molar-refractivity contribution in [1.82, 2.24) is 0 Å². The van der Waals surface area contributed by atoms with E-state index in [0.717, 1.165) is 5.56 Å². The molecule has 0 saturated carbocycles. The molecule has 0 unspecified atom stereocenters. The number of aryl methyl sites for hydroxylation is 1. The smallest absolute Gasteiger partial charge is 0.262 e. The first-order valence-corrected chi connectivity index (χ1v) is 6.83. The second kappa shape index (κ2) is 7.36. The molecule has 0 bridgehead atoms. The molecule has 0 heterocycles. The quantitative estimate of drug-likeness (QED) is 0.891. The molecule has 2 aromatic rings. The molecule has 1 N–H and O–H groups in total. The first-order chi connectivity index (χ1) is 10.6. The van der Waals surface area contributed by atoms with Gasteiger partial charge in [-0.2, -0.15) is 0 Å². The van der Waals surface area contributed by atoms with E-state index in [1.807, 2.05) is 25.1 Å². The standard InChI is InChI=1S/C17H19NO4/c1-12-7-8-15(16(9-12)21-3)22-11-17(19)18-13-5-4-6-14(10-13)20-2/h4-10H,11H2,1-3H3,(H,18,19). The summed E-state index contributed by atoms with van der Waals surface area (Å²) in [6, 6.07) is 12.7. The lowest BCUT2D eigenvalue weighted by molar-refractivity contribution is -0.118. The number of nitrogens with one attached hydrogen (secondary N) is 1. The minimum atomic E-state index is -0.254. The van der Waals surface area contributed by atoms with Crippen molar-refractivity contribution in [2.75, 3.05) is 26.1 Å². The Bertz CT molecular complexity index is 655. The summed E-state index contributed by atoms with van der Waals surface area (Å²) in [6.07, 6.45) is 0. The lowest BCUT2D eigenvalue weighted by Gasteiger charge is -2.11. The van der Waals surface area contributed by atoms with Gasteiger partial charge in [0.2, 0.25) is 0 Å². The molecule has 0 saturated heterocycles. The summed E-state index contributed by atoms with van der Waals surface area (Å²) in [4.78, 5) is 11.9. The number of anilines is 1. The second-order valence-electron chi connectivity index (χ2n) is 4.72. The Balaban J connectivity index is 1.95. The lowest BCUT2D eigenvalue weighted by atomic mass is 10.2. The molecule has 1 amide bonds. The van der Waals surface area contributed by atoms with Gasteiger partial charge in [0.05, 0.1) is 14.2 Å². The molecule has 0 atom stereocenters. The van der Waals surface area contributed by atoms with Crippen molar-refractivity contribution in [1.29, 1.82) is 0 Å². The minimum Gasteiger partial charge on any atom is -0.497 e. The Morgan fingerprint density at radius 1 is 1.05 bits per heavy atom. The zero-order chi connectivity index (χ0) is 15.9. The largest absolute Gasteiger partial charge is 0.497 e. The number of carbonyl (C=O) groups is 1. The third kappa shape index (κ3) is 4.15. The first-order valence-electron chi connectivity index (χ1n) is 6.83. The number of methoxy groups -OCH3 is 2. The van der Waals surface area contributed by atoms with Gasteiger partial charge in [0.1, 0.15) is 5.75 Å². The van der Waals surface area contributed by atoms with Crippen LogP contribution in [0.3, 0.4) is 0 Å². The van der Waals surface area contributed by atoms with E-state index < -0.39 is 0 Å². The molecule has 0 fully saturated rings. The van der Waals surface area contributed by atoms with Crippen LogP contribution in [0.2, 0.25) is 0 Å². The highest BCUT2D eigenvalue weighted by molar-refractivity contribution is 5.92. The van der Waals surface area contributed by atoms with Crippen LogP contribution in [0.15, 0.2) is 42.5 Å². The van der Waals surface area contributed by atoms with Crippen LogP contribution in [0.5, 0.6) is 17.2 Å². The molecular weight excluding hydrogens is 282 g/mol. The van der Waals surface area contributed by atoms with Gasteiger partial charge >= 0.3 is 0 Å². The van der Waals surface area contributed by atoms with Crippen molar-refractivity contribution in [3.8, 4) is 17.2 Å². The average Bonchev–Trinajstić information content (AvgIpc) is 2.53. The maximum Gasteiger partial charge on any atom is 0.262 e. The van der Waals surface area contributed by atoms with Crippen LogP contribution >= 0.6 is 0 Å². The number of ether oxygens (including phenoxy) is 3. The molecule has 0 spiro atoms. The Morgan fingerprint density at radius 2 is 1.86 bits per heavy atom. The normalized spacial score (nSPS) is 9.95. The zero-order valence-electron chi connectivity index (χ0n) is 12.9. The van der Waals surface area contributed by atoms with Gasteiger partial charge in [0.15, 0.2) is 18.1 Å². The summed E-state index contributed by atoms with van der Waals surface area (Å²) in [7, 11) is 3.14. The SMILES string of the molecule is COc1cccc(NC(=O)COc2ccc(C)cc2OC)c1. The van der Waals surface area contributed by atoms with Gasteiger partial charge in [-0.1, -0.05) is 12.1 Å². The molecule has 0 aliphatic heterocycles. The predicted molar refractivity (Wildman–Crippen MR) is 84.8 cm³/mol. The summed E-state index contributed by atoms with van der Waals surface area (Å²) in [5, 5.41) is 2.75. The van der Waals surface area contributed by atoms with Crippen LogP contribution in [0.25, 0.3) is 0 Å². The van der Waals surface area contributed by atoms with E-state index in [0.29, 0.717) is 22.9 Å². The number of hydrogen-bond donors (Lipinski definition) is 1. The van der Waals surface area contributed by atoms with Gasteiger partial charge in [-0.3, -0.25) is 4.79 Å². The van der Waals surface area contributed by atoms with Gasteiger partial charge in [-0.05, 0) is 36.8 Å². The topological polar surface area (TPSA) is 56.8 Å². The van der Waals surface area contributed by atoms with Crippen molar-refractivity contribution in [2.45, 2.75) is 6.92 Å². The van der Waals surface area contributed by atoms with E-state index in [2.05, 4.69) is 5.32 Å². The monoisotopic (exact) mass is 301 g/mol. The van der Waals surface area contributed by atoms with Gasteiger partial charge < -0.3 is 19.5 Å². The summed E-state index contributed by atoms with van der Waals surface area (Å²) in [5.41, 5.74) is 1.72. The van der Waals surface area contributed by atoms with E-state index in [4.69, 9.17) is 14.2 Å². The molecule has 0 aliphatic carbocycles. The molecule has 116 valence electrons. The van der Waals surface area contributed by atoms with Crippen molar-refractivity contribution in [3.05, 3.63) is 48.0 Å². The Labute approximate surface area is 129 Å². The van der Waals surface area contributed by atoms with Gasteiger partial charge in [-0.25, -0.2) is 0 Å². The molecule has 0 radical (unpaired) electrons. The molecule has 5 nitrogen and oxygen atoms in total. The van der Waals surface area contributed by atoms with Crippen LogP contribution in [-0.4, -0.2) is 26.7 Å². The van der Waals surface area contributed by atoms with E-state index in [9.17, 15) is 4.79 Å². The van der Waals surface area contributed by atoms with E-state index in [1.165, 1.54) is 0 Å². The van der Waals surface area contributed by atoms with Crippen LogP contribution < -0.4 is 19.5 Å². The predicted octanol–water partition coefficient (Wildman–Crippen LogP) is 3.03. The van der Waals surface area contributed by atoms with E-state index >= 15 is 0 Å². The molecule has 2 aromatic carbocycles. The van der Waals surface area contributed by atoms with Crippen molar-refractivity contribution in [2.24, 2.45) is 0 Å². The lowest BCUT2D eigenvalue weighted by Crippen LogP contribution is -2.20. The molecule has 2 rings (SSSR count). The van der Waals surface area contributed by atoms with Gasteiger partial charge in [0.25, 0.3) is 5.91 Å². The fourth-order valence-corrected chi connectivity index (χ4v) is 1.94. The number of rotatable bonds is 6. The summed E-state index contributed by atoms with van der Waals surface area (Å²) in [5.74, 6) is 1.57. The van der Waals surface area contributed by atoms with Crippen molar-refractivity contribution < 1.29 is 19.0 Å². The summed E-state index contributed by atoms with van der Waals surface area (Å²) in [6.45, 7) is 1.86. The number of carbonyl (C=O) groups excluding carboxylic acids is 1. The molecule has 0 aliphatic rings. The van der Waals surface area contributed by atoms with Gasteiger partial charge in [-0.15, -0.1) is 0 Å². The first kappa shape index (κ1) is 15.7. The fourth-order valence-electron chi connectivity index (χ4n) is 1.94. The van der Waals surface area contributed by atoms with Crippen LogP contribution in [0, 0.1) is 6.92 Å². The average molecular weight is 301 g/mol. The highest BCUT2D eigenvalue weighted by Gasteiger charge is 2.08.